The molecule has 5 heteroatoms. The van der Waals surface area contributed by atoms with E-state index in [-0.39, 0.29) is 0 Å². The minimum Gasteiger partial charge on any atom is -0.339 e. The van der Waals surface area contributed by atoms with E-state index in [0.717, 1.165) is 11.3 Å². The highest BCUT2D eigenvalue weighted by Crippen LogP contribution is 2.27. The monoisotopic (exact) mass is 291 g/mol. The number of nitrogens with one attached hydrogen (secondary N) is 1. The molecule has 1 aromatic carbocycles. The normalized spacial score (nSPS) is 10.1. The van der Waals surface area contributed by atoms with Gasteiger partial charge in [-0.05, 0) is 43.7 Å². The van der Waals surface area contributed by atoms with Gasteiger partial charge in [0.25, 0.3) is 0 Å². The highest BCUT2D eigenvalue weighted by Gasteiger charge is 2.09. The molecule has 0 spiro atoms. The second kappa shape index (κ2) is 5.48. The van der Waals surface area contributed by atoms with Gasteiger partial charge >= 0.3 is 0 Å². The predicted molar refractivity (Wildman–Crippen MR) is 78.2 cm³/mol. The van der Waals surface area contributed by atoms with E-state index >= 15 is 0 Å². The van der Waals surface area contributed by atoms with Crippen molar-refractivity contribution in [3.05, 3.63) is 51.1 Å². The van der Waals surface area contributed by atoms with Crippen LogP contribution in [0, 0.1) is 25.2 Å². The topological polar surface area (TPSA) is 48.7 Å². The Morgan fingerprint density at radius 2 is 1.74 bits per heavy atom. The summed E-state index contributed by atoms with van der Waals surface area (Å²) in [6.45, 7) is 3.76. The molecule has 0 fully saturated rings. The molecule has 3 nitrogen and oxygen atoms in total. The second-order valence-electron chi connectivity index (χ2n) is 4.20. The molecular formula is C14H11Cl2N3. The summed E-state index contributed by atoms with van der Waals surface area (Å²) in [6.07, 6.45) is 0. The molecule has 2 rings (SSSR count). The first-order valence-electron chi connectivity index (χ1n) is 5.61. The van der Waals surface area contributed by atoms with Crippen molar-refractivity contribution < 1.29 is 0 Å². The summed E-state index contributed by atoms with van der Waals surface area (Å²) in [7, 11) is 0. The van der Waals surface area contributed by atoms with Crippen LogP contribution < -0.4 is 5.32 Å². The van der Waals surface area contributed by atoms with Crippen molar-refractivity contribution in [2.75, 3.05) is 5.32 Å². The number of nitrogens with zero attached hydrogens (tertiary/aromatic N) is 2. The molecule has 0 aliphatic heterocycles. The van der Waals surface area contributed by atoms with E-state index < -0.39 is 0 Å². The number of nitriles is 1. The zero-order valence-corrected chi connectivity index (χ0v) is 12.0. The molecule has 1 N–H and O–H groups in total. The molecule has 0 atom stereocenters. The number of halogens is 2. The molecule has 0 aliphatic rings. The van der Waals surface area contributed by atoms with E-state index in [2.05, 4.69) is 16.4 Å². The van der Waals surface area contributed by atoms with E-state index in [9.17, 15) is 5.26 Å². The zero-order valence-electron chi connectivity index (χ0n) is 10.5. The highest BCUT2D eigenvalue weighted by molar-refractivity contribution is 6.35. The Kier molecular flexibility index (Phi) is 3.94. The lowest BCUT2D eigenvalue weighted by molar-refractivity contribution is 1.16. The van der Waals surface area contributed by atoms with Crippen LogP contribution in [0.4, 0.5) is 11.5 Å². The molecule has 1 heterocycles. The van der Waals surface area contributed by atoms with Crippen LogP contribution in [0.15, 0.2) is 24.3 Å². The van der Waals surface area contributed by atoms with Gasteiger partial charge in [0, 0.05) is 21.4 Å². The van der Waals surface area contributed by atoms with E-state index in [0.29, 0.717) is 27.1 Å². The fraction of sp³-hybridized carbons (Fsp3) is 0.143. The van der Waals surface area contributed by atoms with Gasteiger partial charge in [0.15, 0.2) is 0 Å². The molecule has 0 saturated carbocycles. The first-order chi connectivity index (χ1) is 8.99. The van der Waals surface area contributed by atoms with E-state index in [1.165, 1.54) is 0 Å². The molecule has 0 unspecified atom stereocenters. The minimum absolute atomic E-state index is 0.512. The Balaban J connectivity index is 2.46. The maximum Gasteiger partial charge on any atom is 0.148 e. The Bertz CT molecular complexity index is 655. The van der Waals surface area contributed by atoms with E-state index in [1.54, 1.807) is 18.2 Å². The molecule has 0 bridgehead atoms. The van der Waals surface area contributed by atoms with Gasteiger partial charge in [-0.1, -0.05) is 23.2 Å². The first kappa shape index (κ1) is 13.7. The van der Waals surface area contributed by atoms with Crippen molar-refractivity contribution in [2.24, 2.45) is 0 Å². The number of aromatic nitrogens is 1. The fourth-order valence-corrected chi connectivity index (χ4v) is 2.36. The third-order valence-corrected chi connectivity index (χ3v) is 3.02. The largest absolute Gasteiger partial charge is 0.339 e. The Morgan fingerprint density at radius 1 is 1.11 bits per heavy atom. The van der Waals surface area contributed by atoms with Gasteiger partial charge in [-0.15, -0.1) is 0 Å². The predicted octanol–water partition coefficient (Wildman–Crippen LogP) is 4.62. The summed E-state index contributed by atoms with van der Waals surface area (Å²) < 4.78 is 0. The van der Waals surface area contributed by atoms with Crippen LogP contribution in [0.2, 0.25) is 10.0 Å². The third-order valence-electron chi connectivity index (χ3n) is 2.58. The van der Waals surface area contributed by atoms with E-state index in [4.69, 9.17) is 23.2 Å². The summed E-state index contributed by atoms with van der Waals surface area (Å²) in [5.41, 5.74) is 2.94. The molecule has 0 aliphatic carbocycles. The van der Waals surface area contributed by atoms with Crippen LogP contribution >= 0.6 is 23.2 Å². The standard InChI is InChI=1S/C14H11Cl2N3/c1-8-3-9(2)18-14(13(8)7-17)19-12-5-10(15)4-11(16)6-12/h3-6H,1-2H3,(H,18,19). The number of benzene rings is 1. The lowest BCUT2D eigenvalue weighted by Gasteiger charge is -2.11. The van der Waals surface area contributed by atoms with Gasteiger partial charge in [0.2, 0.25) is 0 Å². The SMILES string of the molecule is Cc1cc(C)c(C#N)c(Nc2cc(Cl)cc(Cl)c2)n1. The third kappa shape index (κ3) is 3.17. The van der Waals surface area contributed by atoms with Crippen LogP contribution in [-0.2, 0) is 0 Å². The molecule has 96 valence electrons. The van der Waals surface area contributed by atoms with Crippen LogP contribution in [0.25, 0.3) is 0 Å². The number of hydrogen-bond acceptors (Lipinski definition) is 3. The summed E-state index contributed by atoms with van der Waals surface area (Å²) in [6, 6.07) is 9.13. The lowest BCUT2D eigenvalue weighted by atomic mass is 10.1. The van der Waals surface area contributed by atoms with Gasteiger partial charge in [0.05, 0.1) is 5.56 Å². The molecule has 0 amide bonds. The van der Waals surface area contributed by atoms with Gasteiger partial charge < -0.3 is 5.32 Å². The van der Waals surface area contributed by atoms with Gasteiger partial charge in [-0.3, -0.25) is 0 Å². The maximum atomic E-state index is 9.20. The molecule has 0 saturated heterocycles. The lowest BCUT2D eigenvalue weighted by Crippen LogP contribution is -2.00. The quantitative estimate of drug-likeness (QED) is 0.878. The zero-order chi connectivity index (χ0) is 14.0. The Hall–Kier alpha value is -1.76. The second-order valence-corrected chi connectivity index (χ2v) is 5.07. The summed E-state index contributed by atoms with van der Waals surface area (Å²) in [5, 5.41) is 13.3. The molecule has 1 aromatic heterocycles. The average Bonchev–Trinajstić information content (AvgIpc) is 2.26. The van der Waals surface area contributed by atoms with Crippen molar-refractivity contribution >= 4 is 34.7 Å². The van der Waals surface area contributed by atoms with Crippen LogP contribution in [0.1, 0.15) is 16.8 Å². The van der Waals surface area contributed by atoms with Crippen LogP contribution in [0.5, 0.6) is 0 Å². The maximum absolute atomic E-state index is 9.20. The highest BCUT2D eigenvalue weighted by atomic mass is 35.5. The van der Waals surface area contributed by atoms with Crippen molar-refractivity contribution in [3.63, 3.8) is 0 Å². The minimum atomic E-state index is 0.512. The summed E-state index contributed by atoms with van der Waals surface area (Å²) >= 11 is 11.9. The van der Waals surface area contributed by atoms with Crippen molar-refractivity contribution in [3.8, 4) is 6.07 Å². The van der Waals surface area contributed by atoms with Gasteiger partial charge in [-0.25, -0.2) is 4.98 Å². The number of anilines is 2. The molecular weight excluding hydrogens is 281 g/mol. The fourth-order valence-electron chi connectivity index (χ4n) is 1.83. The van der Waals surface area contributed by atoms with Crippen LogP contribution in [-0.4, -0.2) is 4.98 Å². The smallest absolute Gasteiger partial charge is 0.148 e. The number of pyridine rings is 1. The number of aryl methyl sites for hydroxylation is 2. The van der Waals surface area contributed by atoms with Crippen LogP contribution in [0.3, 0.4) is 0 Å². The first-order valence-corrected chi connectivity index (χ1v) is 6.36. The number of hydrogen-bond donors (Lipinski definition) is 1. The van der Waals surface area contributed by atoms with Crippen molar-refractivity contribution in [1.29, 1.82) is 5.26 Å². The Morgan fingerprint density at radius 3 is 2.32 bits per heavy atom. The van der Waals surface area contributed by atoms with E-state index in [1.807, 2.05) is 19.9 Å². The summed E-state index contributed by atoms with van der Waals surface area (Å²) in [4.78, 5) is 4.34. The average molecular weight is 292 g/mol. The Labute approximate surface area is 121 Å². The summed E-state index contributed by atoms with van der Waals surface area (Å²) in [5.74, 6) is 0.512. The molecule has 0 radical (unpaired) electrons. The van der Waals surface area contributed by atoms with Gasteiger partial charge in [-0.2, -0.15) is 5.26 Å². The van der Waals surface area contributed by atoms with Gasteiger partial charge in [0.1, 0.15) is 11.9 Å². The van der Waals surface area contributed by atoms with Crippen molar-refractivity contribution in [1.82, 2.24) is 4.98 Å². The molecule has 19 heavy (non-hydrogen) atoms. The number of rotatable bonds is 2. The van der Waals surface area contributed by atoms with Crippen molar-refractivity contribution in [2.45, 2.75) is 13.8 Å². The molecule has 2 aromatic rings.